The first-order chi connectivity index (χ1) is 18.1. The smallest absolute Gasteiger partial charge is 0.303 e. The summed E-state index contributed by atoms with van der Waals surface area (Å²) in [5.41, 5.74) is 3.27. The Morgan fingerprint density at radius 1 is 0.974 bits per heavy atom. The lowest BCUT2D eigenvalue weighted by Gasteiger charge is -2.44. The predicted octanol–water partition coefficient (Wildman–Crippen LogP) is 6.85. The van der Waals surface area contributed by atoms with Crippen LogP contribution in [-0.4, -0.2) is 35.8 Å². The summed E-state index contributed by atoms with van der Waals surface area (Å²) in [6.45, 7) is 6.64. The lowest BCUT2D eigenvalue weighted by molar-refractivity contribution is -0.208. The van der Waals surface area contributed by atoms with E-state index in [-0.39, 0.29) is 12.0 Å². The summed E-state index contributed by atoms with van der Waals surface area (Å²) < 4.78 is 44.7. The maximum atomic E-state index is 13.7. The maximum Gasteiger partial charge on any atom is 0.303 e. The number of carbonyl (C=O) groups excluding carboxylic acids is 2. The van der Waals surface area contributed by atoms with E-state index in [9.17, 15) is 18.4 Å². The molecule has 0 aliphatic carbocycles. The fourth-order valence-corrected chi connectivity index (χ4v) is 6.48. The van der Waals surface area contributed by atoms with Crippen molar-refractivity contribution in [3.05, 3.63) is 81.7 Å². The molecule has 0 radical (unpaired) electrons. The third kappa shape index (κ3) is 6.27. The van der Waals surface area contributed by atoms with Crippen molar-refractivity contribution in [2.75, 3.05) is 6.26 Å². The second-order valence-corrected chi connectivity index (χ2v) is 11.5. The van der Waals surface area contributed by atoms with E-state index >= 15 is 0 Å². The second-order valence-electron chi connectivity index (χ2n) is 9.43. The van der Waals surface area contributed by atoms with E-state index in [1.54, 1.807) is 6.07 Å². The van der Waals surface area contributed by atoms with Crippen LogP contribution in [0, 0.1) is 24.5 Å². The van der Waals surface area contributed by atoms with Gasteiger partial charge >= 0.3 is 11.9 Å². The fourth-order valence-electron chi connectivity index (χ4n) is 4.75. The van der Waals surface area contributed by atoms with Crippen molar-refractivity contribution in [2.45, 2.75) is 57.9 Å². The highest BCUT2D eigenvalue weighted by Gasteiger charge is 2.48. The number of benzene rings is 2. The molecule has 0 amide bonds. The Hall–Kier alpha value is -2.75. The average molecular weight is 561 g/mol. The molecule has 0 spiro atoms. The topological polar surface area (TPSA) is 61.8 Å². The van der Waals surface area contributed by atoms with Gasteiger partial charge in [0, 0.05) is 35.9 Å². The van der Waals surface area contributed by atoms with Crippen LogP contribution in [0.4, 0.5) is 8.78 Å². The first-order valence-electron chi connectivity index (χ1n) is 12.2. The minimum atomic E-state index is -0.867. The molecule has 1 aromatic heterocycles. The number of rotatable bonds is 7. The van der Waals surface area contributed by atoms with Gasteiger partial charge in [-0.05, 0) is 59.7 Å². The normalized spacial score (nSPS) is 23.2. The minimum absolute atomic E-state index is 0.274. The summed E-state index contributed by atoms with van der Waals surface area (Å²) >= 11 is 2.93. The van der Waals surface area contributed by atoms with Gasteiger partial charge in [-0.25, -0.2) is 8.78 Å². The van der Waals surface area contributed by atoms with Gasteiger partial charge in [-0.3, -0.25) is 9.59 Å². The van der Waals surface area contributed by atoms with Gasteiger partial charge in [0.1, 0.15) is 11.5 Å². The third-order valence-electron chi connectivity index (χ3n) is 6.64. The highest BCUT2D eigenvalue weighted by molar-refractivity contribution is 7.99. The maximum absolute atomic E-state index is 13.7. The van der Waals surface area contributed by atoms with Gasteiger partial charge in [0.25, 0.3) is 0 Å². The lowest BCUT2D eigenvalue weighted by atomic mass is 9.85. The van der Waals surface area contributed by atoms with Crippen molar-refractivity contribution in [2.24, 2.45) is 5.92 Å². The fraction of sp³-hybridized carbons (Fsp3) is 0.379. The molecular weight excluding hydrogens is 530 g/mol. The molecule has 0 saturated carbocycles. The molecule has 2 heterocycles. The summed E-state index contributed by atoms with van der Waals surface area (Å²) in [5.74, 6) is -2.91. The summed E-state index contributed by atoms with van der Waals surface area (Å²) in [6.07, 6.45) is 0.756. The van der Waals surface area contributed by atoms with Gasteiger partial charge < -0.3 is 14.2 Å². The van der Waals surface area contributed by atoms with Crippen LogP contribution >= 0.6 is 23.1 Å². The Morgan fingerprint density at radius 3 is 2.34 bits per heavy atom. The summed E-state index contributed by atoms with van der Waals surface area (Å²) in [5, 5.41) is 0. The van der Waals surface area contributed by atoms with E-state index in [0.717, 1.165) is 32.5 Å². The Balaban J connectivity index is 1.60. The number of carbonyl (C=O) groups is 2. The zero-order chi connectivity index (χ0) is 27.6. The van der Waals surface area contributed by atoms with Crippen LogP contribution in [0.25, 0.3) is 10.4 Å². The SMILES string of the molecule is CS[C@H]1OC(c2ccc(C)c(Cc3ccc(-c4ccc(F)c(F)c4)s3)c2)[C@H](C)[C@@H](OC(C)=O)[C@@H]1OC(C)=O. The molecule has 5 nitrogen and oxygen atoms in total. The Bertz CT molecular complexity index is 1320. The largest absolute Gasteiger partial charge is 0.458 e. The molecule has 1 aliphatic rings. The van der Waals surface area contributed by atoms with Crippen LogP contribution in [0.1, 0.15) is 48.4 Å². The van der Waals surface area contributed by atoms with Gasteiger partial charge in [-0.1, -0.05) is 31.2 Å². The summed E-state index contributed by atoms with van der Waals surface area (Å²) in [7, 11) is 0. The molecule has 1 unspecified atom stereocenters. The van der Waals surface area contributed by atoms with Crippen molar-refractivity contribution < 1.29 is 32.6 Å². The van der Waals surface area contributed by atoms with Gasteiger partial charge in [-0.2, -0.15) is 0 Å². The molecular formula is C29H30F2O5S2. The molecule has 1 aliphatic heterocycles. The number of halogens is 2. The van der Waals surface area contributed by atoms with Gasteiger partial charge in [0.2, 0.25) is 0 Å². The van der Waals surface area contributed by atoms with Crippen molar-refractivity contribution in [3.8, 4) is 10.4 Å². The molecule has 1 saturated heterocycles. The summed E-state index contributed by atoms with van der Waals surface area (Å²) in [6, 6.07) is 14.0. The Morgan fingerprint density at radius 2 is 1.68 bits per heavy atom. The standard InChI is InChI=1S/C29H30F2O5S2/c1-15-6-7-20(26-16(2)27(34-17(3)32)28(35-18(4)33)29(36-26)37-5)12-21(15)13-22-9-11-25(38-22)19-8-10-23(30)24(31)14-19/h6-12,14,16,26-29H,13H2,1-5H3/t16-,26?,27+,28-,29+/m0/s1. The first kappa shape index (κ1) is 28.3. The third-order valence-corrected chi connectivity index (χ3v) is 8.62. The zero-order valence-corrected chi connectivity index (χ0v) is 23.5. The molecule has 202 valence electrons. The molecule has 2 aromatic carbocycles. The molecule has 9 heteroatoms. The highest BCUT2D eigenvalue weighted by atomic mass is 32.2. The van der Waals surface area contributed by atoms with Crippen LogP contribution in [-0.2, 0) is 30.2 Å². The van der Waals surface area contributed by atoms with Crippen LogP contribution in [0.2, 0.25) is 0 Å². The number of thioether (sulfide) groups is 1. The molecule has 0 bridgehead atoms. The number of thiophene rings is 1. The molecule has 1 fully saturated rings. The number of aryl methyl sites for hydroxylation is 1. The van der Waals surface area contributed by atoms with Crippen molar-refractivity contribution in [3.63, 3.8) is 0 Å². The molecule has 4 rings (SSSR count). The molecule has 5 atom stereocenters. The van der Waals surface area contributed by atoms with E-state index in [2.05, 4.69) is 6.07 Å². The van der Waals surface area contributed by atoms with E-state index < -0.39 is 41.2 Å². The number of hydrogen-bond acceptors (Lipinski definition) is 7. The second kappa shape index (κ2) is 12.0. The van der Waals surface area contributed by atoms with Crippen molar-refractivity contribution >= 4 is 35.0 Å². The van der Waals surface area contributed by atoms with Crippen LogP contribution in [0.15, 0.2) is 48.5 Å². The van der Waals surface area contributed by atoms with E-state index in [4.69, 9.17) is 14.2 Å². The average Bonchev–Trinajstić information content (AvgIpc) is 3.33. The highest BCUT2D eigenvalue weighted by Crippen LogP contribution is 2.42. The van der Waals surface area contributed by atoms with E-state index in [0.29, 0.717) is 12.0 Å². The minimum Gasteiger partial charge on any atom is -0.458 e. The van der Waals surface area contributed by atoms with Crippen LogP contribution in [0.3, 0.4) is 0 Å². The van der Waals surface area contributed by atoms with E-state index in [1.165, 1.54) is 43.0 Å². The first-order valence-corrected chi connectivity index (χ1v) is 14.3. The number of hydrogen-bond donors (Lipinski definition) is 0. The van der Waals surface area contributed by atoms with Crippen LogP contribution < -0.4 is 0 Å². The van der Waals surface area contributed by atoms with Gasteiger partial charge in [0.05, 0.1) is 6.10 Å². The van der Waals surface area contributed by atoms with Crippen molar-refractivity contribution in [1.82, 2.24) is 0 Å². The number of esters is 2. The molecule has 38 heavy (non-hydrogen) atoms. The Labute approximate surface area is 229 Å². The van der Waals surface area contributed by atoms with Crippen LogP contribution in [0.5, 0.6) is 0 Å². The van der Waals surface area contributed by atoms with Crippen molar-refractivity contribution in [1.29, 1.82) is 0 Å². The Kier molecular flexibility index (Phi) is 8.90. The van der Waals surface area contributed by atoms with Gasteiger partial charge in [0.15, 0.2) is 17.7 Å². The predicted molar refractivity (Wildman–Crippen MR) is 145 cm³/mol. The lowest BCUT2D eigenvalue weighted by Crippen LogP contribution is -2.52. The zero-order valence-electron chi connectivity index (χ0n) is 21.8. The molecule has 3 aromatic rings. The monoisotopic (exact) mass is 560 g/mol. The number of ether oxygens (including phenoxy) is 3. The molecule has 0 N–H and O–H groups in total. The quantitative estimate of drug-likeness (QED) is 0.295. The van der Waals surface area contributed by atoms with Gasteiger partial charge in [-0.15, -0.1) is 23.1 Å². The van der Waals surface area contributed by atoms with E-state index in [1.807, 2.05) is 44.4 Å². The summed E-state index contributed by atoms with van der Waals surface area (Å²) in [4.78, 5) is 25.6.